The Bertz CT molecular complexity index is 415. The Kier molecular flexibility index (Phi) is 3.03. The Morgan fingerprint density at radius 1 is 1.86 bits per heavy atom. The van der Waals surface area contributed by atoms with Gasteiger partial charge in [-0.1, -0.05) is 0 Å². The molecule has 1 rings (SSSR count). The molecule has 6 nitrogen and oxygen atoms in total. The van der Waals surface area contributed by atoms with Crippen molar-refractivity contribution >= 4 is 24.0 Å². The summed E-state index contributed by atoms with van der Waals surface area (Å²) < 4.78 is 6.62. The summed E-state index contributed by atoms with van der Waals surface area (Å²) in [6.45, 7) is -0.438. The van der Waals surface area contributed by atoms with Crippen molar-refractivity contribution in [1.29, 1.82) is 0 Å². The number of carboxylic acids is 1. The quantitative estimate of drug-likeness (QED) is 0.700. The van der Waals surface area contributed by atoms with Crippen molar-refractivity contribution in [3.8, 4) is 5.88 Å². The van der Waals surface area contributed by atoms with Crippen LogP contribution in [0.25, 0.3) is 0 Å². The molecule has 0 atom stereocenters. The van der Waals surface area contributed by atoms with Crippen LogP contribution in [-0.4, -0.2) is 27.2 Å². The fraction of sp³-hybridized carbons (Fsp3) is 0.286. The van der Waals surface area contributed by atoms with Crippen LogP contribution in [0.4, 0.5) is 5.82 Å². The number of ether oxygens (including phenoxy) is 1. The zero-order valence-corrected chi connectivity index (χ0v) is 8.24. The lowest BCUT2D eigenvalue weighted by Crippen LogP contribution is -2.13. The lowest BCUT2D eigenvalue weighted by Gasteiger charge is -2.08. The molecule has 0 saturated carbocycles. The largest absolute Gasteiger partial charge is 0.479 e. The number of carbonyl (C=O) groups is 1. The molecule has 0 saturated heterocycles. The van der Waals surface area contributed by atoms with Crippen molar-refractivity contribution in [1.82, 2.24) is 9.55 Å². The summed E-state index contributed by atoms with van der Waals surface area (Å²) in [6.07, 6.45) is 0. The predicted octanol–water partition coefficient (Wildman–Crippen LogP) is 0.195. The summed E-state index contributed by atoms with van der Waals surface area (Å²) in [6, 6.07) is 1.42. The molecule has 14 heavy (non-hydrogen) atoms. The van der Waals surface area contributed by atoms with Crippen molar-refractivity contribution < 1.29 is 14.6 Å². The van der Waals surface area contributed by atoms with Gasteiger partial charge >= 0.3 is 5.97 Å². The highest BCUT2D eigenvalue weighted by Gasteiger charge is 2.04. The zero-order valence-electron chi connectivity index (χ0n) is 7.43. The van der Waals surface area contributed by atoms with Crippen LogP contribution in [0.15, 0.2) is 6.07 Å². The second-order valence-corrected chi connectivity index (χ2v) is 2.91. The first kappa shape index (κ1) is 10.5. The molecule has 7 heteroatoms. The van der Waals surface area contributed by atoms with Gasteiger partial charge in [0.15, 0.2) is 12.5 Å². The van der Waals surface area contributed by atoms with Crippen LogP contribution in [0.5, 0.6) is 5.88 Å². The molecular formula is C7H9N3O3S. The van der Waals surface area contributed by atoms with E-state index in [1.54, 1.807) is 7.05 Å². The fourth-order valence-corrected chi connectivity index (χ4v) is 1.00. The van der Waals surface area contributed by atoms with Crippen molar-refractivity contribution in [3.05, 3.63) is 10.8 Å². The second-order valence-electron chi connectivity index (χ2n) is 2.54. The molecule has 0 spiro atoms. The summed E-state index contributed by atoms with van der Waals surface area (Å²) in [7, 11) is 1.62. The molecule has 1 aromatic rings. The predicted molar refractivity (Wildman–Crippen MR) is 51.6 cm³/mol. The van der Waals surface area contributed by atoms with E-state index < -0.39 is 12.6 Å². The Morgan fingerprint density at radius 3 is 3.07 bits per heavy atom. The molecule has 3 N–H and O–H groups in total. The fourth-order valence-electron chi connectivity index (χ4n) is 0.809. The van der Waals surface area contributed by atoms with Gasteiger partial charge in [0.2, 0.25) is 4.77 Å². The van der Waals surface area contributed by atoms with Crippen LogP contribution in [0.1, 0.15) is 0 Å². The standard InChI is InChI=1S/C7H9N3O3S/c1-10-5(13-3-6(11)12)2-4(8)9-7(10)14/h2H,3H2,1H3,(H,11,12)(H2,8,9,14). The molecule has 0 radical (unpaired) electrons. The molecule has 1 heterocycles. The third kappa shape index (κ3) is 2.43. The minimum atomic E-state index is -1.06. The van der Waals surface area contributed by atoms with E-state index in [4.69, 9.17) is 27.8 Å². The molecule has 0 aromatic carbocycles. The Labute approximate surface area is 84.9 Å². The van der Waals surface area contributed by atoms with Crippen LogP contribution >= 0.6 is 12.2 Å². The third-order valence-corrected chi connectivity index (χ3v) is 1.82. The van der Waals surface area contributed by atoms with Crippen molar-refractivity contribution in [2.45, 2.75) is 0 Å². The number of carboxylic acid groups (broad SMARTS) is 1. The van der Waals surface area contributed by atoms with Gasteiger partial charge < -0.3 is 15.6 Å². The van der Waals surface area contributed by atoms with E-state index in [0.29, 0.717) is 0 Å². The number of nitrogens with two attached hydrogens (primary N) is 1. The van der Waals surface area contributed by atoms with Gasteiger partial charge in [-0.25, -0.2) is 9.78 Å². The minimum absolute atomic E-state index is 0.202. The van der Waals surface area contributed by atoms with Gasteiger partial charge in [0.25, 0.3) is 0 Å². The van der Waals surface area contributed by atoms with Gasteiger partial charge in [-0.15, -0.1) is 0 Å². The van der Waals surface area contributed by atoms with Crippen LogP contribution in [-0.2, 0) is 11.8 Å². The lowest BCUT2D eigenvalue weighted by molar-refractivity contribution is -0.139. The van der Waals surface area contributed by atoms with E-state index in [-0.39, 0.29) is 16.5 Å². The average molecular weight is 215 g/mol. The molecule has 1 aromatic heterocycles. The summed E-state index contributed by atoms with van der Waals surface area (Å²) in [4.78, 5) is 14.0. The highest BCUT2D eigenvalue weighted by Crippen LogP contribution is 2.12. The van der Waals surface area contributed by atoms with E-state index in [1.165, 1.54) is 10.6 Å². The van der Waals surface area contributed by atoms with Gasteiger partial charge in [0.1, 0.15) is 5.82 Å². The van der Waals surface area contributed by atoms with Gasteiger partial charge in [-0.3, -0.25) is 4.57 Å². The SMILES string of the molecule is Cn1c(OCC(=O)O)cc(N)nc1=S. The number of aliphatic carboxylic acids is 1. The number of nitrogens with zero attached hydrogens (tertiary/aromatic N) is 2. The summed E-state index contributed by atoms with van der Waals surface area (Å²) >= 11 is 4.85. The highest BCUT2D eigenvalue weighted by atomic mass is 32.1. The first-order chi connectivity index (χ1) is 6.50. The molecule has 0 unspecified atom stereocenters. The van der Waals surface area contributed by atoms with E-state index in [9.17, 15) is 4.79 Å². The van der Waals surface area contributed by atoms with E-state index in [2.05, 4.69) is 4.98 Å². The van der Waals surface area contributed by atoms with Gasteiger partial charge in [0.05, 0.1) is 0 Å². The maximum absolute atomic E-state index is 10.2. The molecule has 0 aliphatic carbocycles. The second kappa shape index (κ2) is 4.05. The number of anilines is 1. The normalized spacial score (nSPS) is 9.79. The van der Waals surface area contributed by atoms with Gasteiger partial charge in [0, 0.05) is 13.1 Å². The van der Waals surface area contributed by atoms with E-state index >= 15 is 0 Å². The molecule has 0 aliphatic heterocycles. The average Bonchev–Trinajstić information content (AvgIpc) is 2.08. The Balaban J connectivity index is 2.96. The molecule has 0 aliphatic rings. The third-order valence-electron chi connectivity index (χ3n) is 1.46. The zero-order chi connectivity index (χ0) is 10.7. The van der Waals surface area contributed by atoms with Gasteiger partial charge in [-0.05, 0) is 12.2 Å². The number of rotatable bonds is 3. The monoisotopic (exact) mass is 215 g/mol. The number of aromatic nitrogens is 2. The molecular weight excluding hydrogens is 206 g/mol. The smallest absolute Gasteiger partial charge is 0.341 e. The van der Waals surface area contributed by atoms with Gasteiger partial charge in [-0.2, -0.15) is 0 Å². The number of nitrogen functional groups attached to an aromatic ring is 1. The van der Waals surface area contributed by atoms with Crippen LogP contribution in [0.3, 0.4) is 0 Å². The number of hydrogen-bond acceptors (Lipinski definition) is 5. The molecule has 0 bridgehead atoms. The summed E-state index contributed by atoms with van der Waals surface area (Å²) in [5.74, 6) is -0.579. The van der Waals surface area contributed by atoms with Crippen molar-refractivity contribution in [3.63, 3.8) is 0 Å². The maximum atomic E-state index is 10.2. The van der Waals surface area contributed by atoms with Crippen molar-refractivity contribution in [2.75, 3.05) is 12.3 Å². The van der Waals surface area contributed by atoms with Crippen LogP contribution in [0, 0.1) is 4.77 Å². The van der Waals surface area contributed by atoms with Crippen LogP contribution < -0.4 is 10.5 Å². The number of hydrogen-bond donors (Lipinski definition) is 2. The first-order valence-electron chi connectivity index (χ1n) is 3.69. The Morgan fingerprint density at radius 2 is 2.50 bits per heavy atom. The topological polar surface area (TPSA) is 90.4 Å². The van der Waals surface area contributed by atoms with E-state index in [1.807, 2.05) is 0 Å². The van der Waals surface area contributed by atoms with Crippen molar-refractivity contribution in [2.24, 2.45) is 7.05 Å². The summed E-state index contributed by atoms with van der Waals surface area (Å²) in [5.41, 5.74) is 5.42. The minimum Gasteiger partial charge on any atom is -0.479 e. The summed E-state index contributed by atoms with van der Waals surface area (Å²) in [5, 5.41) is 8.40. The van der Waals surface area contributed by atoms with E-state index in [0.717, 1.165) is 0 Å². The highest BCUT2D eigenvalue weighted by molar-refractivity contribution is 7.71. The lowest BCUT2D eigenvalue weighted by atomic mass is 10.5. The molecule has 0 amide bonds. The van der Waals surface area contributed by atoms with Crippen LogP contribution in [0.2, 0.25) is 0 Å². The first-order valence-corrected chi connectivity index (χ1v) is 4.09. The Hall–Kier alpha value is -1.63. The molecule has 76 valence electrons. The molecule has 0 fully saturated rings. The maximum Gasteiger partial charge on any atom is 0.341 e.